The molecule has 0 aliphatic heterocycles. The maximum Gasteiger partial charge on any atom is 0.276 e. The first-order valence-electron chi connectivity index (χ1n) is 9.90. The summed E-state index contributed by atoms with van der Waals surface area (Å²) in [6.45, 7) is 4.75. The number of hydrogen-bond acceptors (Lipinski definition) is 5. The Morgan fingerprint density at radius 2 is 1.90 bits per heavy atom. The Morgan fingerprint density at radius 1 is 1.07 bits per heavy atom. The van der Waals surface area contributed by atoms with Crippen molar-refractivity contribution in [2.75, 3.05) is 19.4 Å². The minimum atomic E-state index is -0.281. The number of aromatic nitrogens is 4. The van der Waals surface area contributed by atoms with Crippen molar-refractivity contribution in [1.29, 1.82) is 0 Å². The second kappa shape index (κ2) is 9.76. The van der Waals surface area contributed by atoms with Crippen LogP contribution in [0.3, 0.4) is 0 Å². The highest BCUT2D eigenvalue weighted by molar-refractivity contribution is 6.11. The van der Waals surface area contributed by atoms with Gasteiger partial charge in [0.2, 0.25) is 0 Å². The number of hydrogen-bond donors (Lipinski definition) is 2. The molecule has 0 aliphatic carbocycles. The van der Waals surface area contributed by atoms with Gasteiger partial charge in [-0.1, -0.05) is 26.0 Å². The van der Waals surface area contributed by atoms with Gasteiger partial charge in [-0.05, 0) is 50.0 Å². The molecule has 0 saturated carbocycles. The zero-order valence-corrected chi connectivity index (χ0v) is 17.7. The first-order chi connectivity index (χ1) is 14.6. The standard InChI is InChI=1S/C21H20N6O.C2H6/c1-27(2)13-17-7-6-16(12-23-17)24-21(28)20-18-10-14(5-8-19(18)25-26-20)15-4-3-9-22-11-15;1-2/h3-12H,13H2,1-2H3,(H,24,28)(H,25,26);1-2H3. The van der Waals surface area contributed by atoms with Gasteiger partial charge in [0, 0.05) is 29.9 Å². The molecule has 1 amide bonds. The van der Waals surface area contributed by atoms with E-state index in [1.54, 1.807) is 18.6 Å². The van der Waals surface area contributed by atoms with Gasteiger partial charge in [-0.25, -0.2) is 0 Å². The summed E-state index contributed by atoms with van der Waals surface area (Å²) in [5, 5.41) is 10.7. The number of amides is 1. The third-order valence-electron chi connectivity index (χ3n) is 4.33. The molecule has 0 atom stereocenters. The second-order valence-electron chi connectivity index (χ2n) is 6.80. The van der Waals surface area contributed by atoms with Crippen molar-refractivity contribution in [2.24, 2.45) is 0 Å². The lowest BCUT2D eigenvalue weighted by Gasteiger charge is -2.09. The Hall–Kier alpha value is -3.58. The number of rotatable bonds is 5. The molecule has 154 valence electrons. The third kappa shape index (κ3) is 4.87. The molecule has 2 N–H and O–H groups in total. The first kappa shape index (κ1) is 21.1. The highest BCUT2D eigenvalue weighted by Crippen LogP contribution is 2.25. The summed E-state index contributed by atoms with van der Waals surface area (Å²) in [7, 11) is 3.97. The highest BCUT2D eigenvalue weighted by atomic mass is 16.1. The van der Waals surface area contributed by atoms with Gasteiger partial charge in [0.25, 0.3) is 5.91 Å². The SMILES string of the molecule is CC.CN(C)Cc1ccc(NC(=O)c2n[nH]c3ccc(-c4cccnc4)cc23)cn1. The summed E-state index contributed by atoms with van der Waals surface area (Å²) < 4.78 is 0. The number of fused-ring (bicyclic) bond motifs is 1. The van der Waals surface area contributed by atoms with Crippen LogP contribution < -0.4 is 5.32 Å². The Morgan fingerprint density at radius 3 is 2.57 bits per heavy atom. The first-order valence-corrected chi connectivity index (χ1v) is 9.90. The van der Waals surface area contributed by atoms with Gasteiger partial charge in [-0.15, -0.1) is 0 Å². The lowest BCUT2D eigenvalue weighted by atomic mass is 10.0. The van der Waals surface area contributed by atoms with Gasteiger partial charge >= 0.3 is 0 Å². The summed E-state index contributed by atoms with van der Waals surface area (Å²) in [5.74, 6) is -0.281. The van der Waals surface area contributed by atoms with E-state index >= 15 is 0 Å². The van der Waals surface area contributed by atoms with E-state index in [4.69, 9.17) is 0 Å². The quantitative estimate of drug-likeness (QED) is 0.518. The van der Waals surface area contributed by atoms with Crippen molar-refractivity contribution in [3.8, 4) is 11.1 Å². The van der Waals surface area contributed by atoms with E-state index in [0.717, 1.165) is 34.3 Å². The van der Waals surface area contributed by atoms with Crippen molar-refractivity contribution >= 4 is 22.5 Å². The minimum absolute atomic E-state index is 0.281. The van der Waals surface area contributed by atoms with Gasteiger partial charge in [0.05, 0.1) is 23.1 Å². The summed E-state index contributed by atoms with van der Waals surface area (Å²) in [6.07, 6.45) is 5.19. The van der Waals surface area contributed by atoms with Gasteiger partial charge in [-0.2, -0.15) is 5.10 Å². The molecule has 7 heteroatoms. The summed E-state index contributed by atoms with van der Waals surface area (Å²) in [4.78, 5) is 23.3. The van der Waals surface area contributed by atoms with E-state index in [2.05, 4.69) is 25.5 Å². The van der Waals surface area contributed by atoms with Crippen molar-refractivity contribution < 1.29 is 4.79 Å². The predicted octanol–water partition coefficient (Wildman–Crippen LogP) is 4.36. The molecule has 30 heavy (non-hydrogen) atoms. The number of anilines is 1. The molecule has 0 unspecified atom stereocenters. The molecule has 3 aromatic heterocycles. The molecule has 0 fully saturated rings. The van der Waals surface area contributed by atoms with Crippen molar-refractivity contribution in [3.63, 3.8) is 0 Å². The summed E-state index contributed by atoms with van der Waals surface area (Å²) >= 11 is 0. The monoisotopic (exact) mass is 402 g/mol. The topological polar surface area (TPSA) is 86.8 Å². The van der Waals surface area contributed by atoms with E-state index in [-0.39, 0.29) is 5.91 Å². The van der Waals surface area contributed by atoms with Crippen LogP contribution in [0.4, 0.5) is 5.69 Å². The van der Waals surface area contributed by atoms with Crippen LogP contribution in [0.2, 0.25) is 0 Å². The molecule has 3 heterocycles. The van der Waals surface area contributed by atoms with Gasteiger partial charge in [0.1, 0.15) is 0 Å². The number of carbonyl (C=O) groups is 1. The smallest absolute Gasteiger partial charge is 0.276 e. The fraction of sp³-hybridized carbons (Fsp3) is 0.217. The van der Waals surface area contributed by atoms with Crippen LogP contribution in [-0.2, 0) is 6.54 Å². The van der Waals surface area contributed by atoms with Crippen molar-refractivity contribution in [1.82, 2.24) is 25.1 Å². The highest BCUT2D eigenvalue weighted by Gasteiger charge is 2.15. The average Bonchev–Trinajstić information content (AvgIpc) is 3.20. The summed E-state index contributed by atoms with van der Waals surface area (Å²) in [6, 6.07) is 13.5. The Balaban J connectivity index is 0.00000124. The average molecular weight is 403 g/mol. The van der Waals surface area contributed by atoms with Crippen LogP contribution in [0.25, 0.3) is 22.0 Å². The van der Waals surface area contributed by atoms with E-state index in [1.807, 2.05) is 75.3 Å². The molecule has 4 rings (SSSR count). The number of nitrogens with one attached hydrogen (secondary N) is 2. The fourth-order valence-corrected chi connectivity index (χ4v) is 3.01. The molecule has 0 aliphatic rings. The molecule has 0 radical (unpaired) electrons. The van der Waals surface area contributed by atoms with E-state index in [0.29, 0.717) is 11.4 Å². The number of nitrogens with zero attached hydrogens (tertiary/aromatic N) is 4. The number of pyridine rings is 2. The molecular formula is C23H26N6O. The third-order valence-corrected chi connectivity index (χ3v) is 4.33. The summed E-state index contributed by atoms with van der Waals surface area (Å²) in [5.41, 5.74) is 4.68. The maximum atomic E-state index is 12.8. The molecule has 0 saturated heterocycles. The maximum absolute atomic E-state index is 12.8. The van der Waals surface area contributed by atoms with Crippen LogP contribution in [0, 0.1) is 0 Å². The molecule has 0 spiro atoms. The second-order valence-corrected chi connectivity index (χ2v) is 6.80. The van der Waals surface area contributed by atoms with Crippen LogP contribution in [0.15, 0.2) is 61.1 Å². The zero-order chi connectivity index (χ0) is 21.5. The number of H-pyrrole nitrogens is 1. The Labute approximate surface area is 176 Å². The molecule has 4 aromatic rings. The van der Waals surface area contributed by atoms with Crippen LogP contribution >= 0.6 is 0 Å². The number of benzene rings is 1. The van der Waals surface area contributed by atoms with E-state index < -0.39 is 0 Å². The molecule has 7 nitrogen and oxygen atoms in total. The molecular weight excluding hydrogens is 376 g/mol. The van der Waals surface area contributed by atoms with Crippen LogP contribution in [0.1, 0.15) is 30.0 Å². The zero-order valence-electron chi connectivity index (χ0n) is 17.7. The Kier molecular flexibility index (Phi) is 6.87. The number of aromatic amines is 1. The van der Waals surface area contributed by atoms with Crippen molar-refractivity contribution in [3.05, 3.63) is 72.4 Å². The lowest BCUT2D eigenvalue weighted by Crippen LogP contribution is -2.14. The van der Waals surface area contributed by atoms with E-state index in [9.17, 15) is 4.79 Å². The largest absolute Gasteiger partial charge is 0.319 e. The van der Waals surface area contributed by atoms with Gasteiger partial charge in [0.15, 0.2) is 5.69 Å². The fourth-order valence-electron chi connectivity index (χ4n) is 3.01. The predicted molar refractivity (Wildman–Crippen MR) is 120 cm³/mol. The van der Waals surface area contributed by atoms with Crippen LogP contribution in [0.5, 0.6) is 0 Å². The lowest BCUT2D eigenvalue weighted by molar-refractivity contribution is 0.102. The van der Waals surface area contributed by atoms with E-state index in [1.165, 1.54) is 0 Å². The van der Waals surface area contributed by atoms with Gasteiger partial charge in [-0.3, -0.25) is 19.9 Å². The number of carbonyl (C=O) groups excluding carboxylic acids is 1. The van der Waals surface area contributed by atoms with Gasteiger partial charge < -0.3 is 10.2 Å². The minimum Gasteiger partial charge on any atom is -0.319 e. The van der Waals surface area contributed by atoms with Crippen molar-refractivity contribution in [2.45, 2.75) is 20.4 Å². The normalized spacial score (nSPS) is 10.6. The Bertz CT molecular complexity index is 1100. The van der Waals surface area contributed by atoms with Crippen LogP contribution in [-0.4, -0.2) is 45.1 Å². The molecule has 1 aromatic carbocycles. The molecule has 0 bridgehead atoms.